The van der Waals surface area contributed by atoms with E-state index >= 15 is 0 Å². The van der Waals surface area contributed by atoms with Gasteiger partial charge in [-0.05, 0) is 42.8 Å². The first-order chi connectivity index (χ1) is 10.3. The maximum Gasteiger partial charge on any atom is 0.231 e. The quantitative estimate of drug-likeness (QED) is 0.847. The van der Waals surface area contributed by atoms with Crippen LogP contribution in [0, 0.1) is 0 Å². The summed E-state index contributed by atoms with van der Waals surface area (Å²) in [7, 11) is 0. The summed E-state index contributed by atoms with van der Waals surface area (Å²) in [6, 6.07) is 9.99. The molecule has 0 radical (unpaired) electrons. The van der Waals surface area contributed by atoms with E-state index in [4.69, 9.17) is 19.6 Å². The fourth-order valence-corrected chi connectivity index (χ4v) is 2.45. The molecule has 2 N–H and O–H groups in total. The lowest BCUT2D eigenvalue weighted by molar-refractivity contribution is 0.174. The minimum Gasteiger partial charge on any atom is -0.468 e. The molecule has 21 heavy (non-hydrogen) atoms. The largest absolute Gasteiger partial charge is 0.468 e. The van der Waals surface area contributed by atoms with E-state index in [0.717, 1.165) is 43.3 Å². The summed E-state index contributed by atoms with van der Waals surface area (Å²) < 4.78 is 16.2. The number of nitrogens with two attached hydrogens (primary N) is 1. The minimum absolute atomic E-state index is 0.308. The molecule has 5 heteroatoms. The van der Waals surface area contributed by atoms with Crippen molar-refractivity contribution < 1.29 is 13.9 Å². The minimum atomic E-state index is 0.308. The molecular formula is C16H20N2O3. The zero-order valence-corrected chi connectivity index (χ0v) is 12.0. The average Bonchev–Trinajstić information content (AvgIpc) is 3.15. The summed E-state index contributed by atoms with van der Waals surface area (Å²) in [5.41, 5.74) is 6.83. The molecule has 1 aliphatic heterocycles. The molecule has 112 valence electrons. The van der Waals surface area contributed by atoms with Crippen molar-refractivity contribution in [3.05, 3.63) is 47.9 Å². The zero-order chi connectivity index (χ0) is 14.5. The van der Waals surface area contributed by atoms with Gasteiger partial charge in [-0.25, -0.2) is 0 Å². The van der Waals surface area contributed by atoms with Gasteiger partial charge in [0.05, 0.1) is 12.8 Å². The second kappa shape index (κ2) is 6.65. The van der Waals surface area contributed by atoms with Gasteiger partial charge in [0.2, 0.25) is 6.79 Å². The lowest BCUT2D eigenvalue weighted by atomic mass is 10.2. The van der Waals surface area contributed by atoms with Crippen LogP contribution in [0.25, 0.3) is 0 Å². The number of rotatable bonds is 7. The molecular weight excluding hydrogens is 268 g/mol. The number of nitrogens with zero attached hydrogens (tertiary/aromatic N) is 1. The number of fused-ring (bicyclic) bond motifs is 1. The molecule has 1 aromatic heterocycles. The first kappa shape index (κ1) is 14.0. The van der Waals surface area contributed by atoms with Crippen LogP contribution in [0.1, 0.15) is 17.7 Å². The molecule has 2 heterocycles. The molecule has 0 bridgehead atoms. The normalized spacial score (nSPS) is 13.0. The smallest absolute Gasteiger partial charge is 0.231 e. The number of furan rings is 1. The fraction of sp³-hybridized carbons (Fsp3) is 0.375. The standard InChI is InChI=1S/C16H20N2O3/c17-6-2-7-18(11-14-3-1-8-19-14)10-13-4-5-15-16(9-13)21-12-20-15/h1,3-5,8-9H,2,6-7,10-12,17H2. The molecule has 0 fully saturated rings. The van der Waals surface area contributed by atoms with Crippen molar-refractivity contribution in [1.29, 1.82) is 0 Å². The van der Waals surface area contributed by atoms with E-state index < -0.39 is 0 Å². The van der Waals surface area contributed by atoms with Crippen LogP contribution >= 0.6 is 0 Å². The summed E-state index contributed by atoms with van der Waals surface area (Å²) in [5.74, 6) is 2.61. The maximum atomic E-state index is 5.63. The Bertz CT molecular complexity index is 569. The Labute approximate surface area is 124 Å². The van der Waals surface area contributed by atoms with Gasteiger partial charge in [-0.2, -0.15) is 0 Å². The van der Waals surface area contributed by atoms with Crippen LogP contribution in [0.5, 0.6) is 11.5 Å². The molecule has 5 nitrogen and oxygen atoms in total. The van der Waals surface area contributed by atoms with Crippen molar-refractivity contribution in [2.45, 2.75) is 19.5 Å². The molecule has 0 unspecified atom stereocenters. The summed E-state index contributed by atoms with van der Waals surface area (Å²) >= 11 is 0. The SMILES string of the molecule is NCCCN(Cc1ccc2c(c1)OCO2)Cc1ccco1. The number of hydrogen-bond donors (Lipinski definition) is 1. The predicted molar refractivity (Wildman–Crippen MR) is 79.1 cm³/mol. The molecule has 3 rings (SSSR count). The third-order valence-electron chi connectivity index (χ3n) is 3.48. The highest BCUT2D eigenvalue weighted by Crippen LogP contribution is 2.32. The molecule has 2 aromatic rings. The number of ether oxygens (including phenoxy) is 2. The van der Waals surface area contributed by atoms with Crippen molar-refractivity contribution in [2.75, 3.05) is 19.9 Å². The monoisotopic (exact) mass is 288 g/mol. The third kappa shape index (κ3) is 3.56. The Kier molecular flexibility index (Phi) is 4.43. The Morgan fingerprint density at radius 1 is 1.10 bits per heavy atom. The average molecular weight is 288 g/mol. The van der Waals surface area contributed by atoms with E-state index in [9.17, 15) is 0 Å². The molecule has 1 aromatic carbocycles. The molecule has 0 amide bonds. The predicted octanol–water partition coefficient (Wildman–Crippen LogP) is 2.36. The molecule has 1 aliphatic rings. The Morgan fingerprint density at radius 2 is 2.00 bits per heavy atom. The Morgan fingerprint density at radius 3 is 2.81 bits per heavy atom. The van der Waals surface area contributed by atoms with Gasteiger partial charge >= 0.3 is 0 Å². The van der Waals surface area contributed by atoms with E-state index in [2.05, 4.69) is 11.0 Å². The zero-order valence-electron chi connectivity index (χ0n) is 12.0. The summed E-state index contributed by atoms with van der Waals surface area (Å²) in [4.78, 5) is 2.32. The van der Waals surface area contributed by atoms with Crippen LogP contribution in [0.4, 0.5) is 0 Å². The van der Waals surface area contributed by atoms with Crippen LogP contribution < -0.4 is 15.2 Å². The van der Waals surface area contributed by atoms with Crippen molar-refractivity contribution in [2.24, 2.45) is 5.73 Å². The van der Waals surface area contributed by atoms with E-state index in [0.29, 0.717) is 13.3 Å². The number of hydrogen-bond acceptors (Lipinski definition) is 5. The van der Waals surface area contributed by atoms with E-state index in [1.807, 2.05) is 24.3 Å². The maximum absolute atomic E-state index is 5.63. The van der Waals surface area contributed by atoms with Crippen LogP contribution in [0.15, 0.2) is 41.0 Å². The van der Waals surface area contributed by atoms with Gasteiger partial charge in [0.15, 0.2) is 11.5 Å². The van der Waals surface area contributed by atoms with Crippen molar-refractivity contribution in [3.63, 3.8) is 0 Å². The summed E-state index contributed by atoms with van der Waals surface area (Å²) in [5, 5.41) is 0. The highest BCUT2D eigenvalue weighted by molar-refractivity contribution is 5.44. The van der Waals surface area contributed by atoms with Gasteiger partial charge in [-0.1, -0.05) is 6.07 Å². The van der Waals surface area contributed by atoms with Crippen LogP contribution in [-0.2, 0) is 13.1 Å². The third-order valence-corrected chi connectivity index (χ3v) is 3.48. The van der Waals surface area contributed by atoms with Crippen molar-refractivity contribution in [3.8, 4) is 11.5 Å². The second-order valence-corrected chi connectivity index (χ2v) is 5.12. The van der Waals surface area contributed by atoms with E-state index in [1.54, 1.807) is 6.26 Å². The van der Waals surface area contributed by atoms with E-state index in [1.165, 1.54) is 5.56 Å². The molecule has 0 saturated carbocycles. The van der Waals surface area contributed by atoms with Gasteiger partial charge in [-0.3, -0.25) is 4.90 Å². The van der Waals surface area contributed by atoms with E-state index in [-0.39, 0.29) is 0 Å². The highest BCUT2D eigenvalue weighted by Gasteiger charge is 2.15. The molecule has 0 atom stereocenters. The first-order valence-electron chi connectivity index (χ1n) is 7.18. The van der Waals surface area contributed by atoms with Gasteiger partial charge < -0.3 is 19.6 Å². The molecule has 0 saturated heterocycles. The number of benzene rings is 1. The Hall–Kier alpha value is -1.98. The highest BCUT2D eigenvalue weighted by atomic mass is 16.7. The summed E-state index contributed by atoms with van der Waals surface area (Å²) in [6.45, 7) is 3.54. The van der Waals surface area contributed by atoms with Crippen LogP contribution in [0.3, 0.4) is 0 Å². The topological polar surface area (TPSA) is 60.9 Å². The second-order valence-electron chi connectivity index (χ2n) is 5.12. The lowest BCUT2D eigenvalue weighted by Crippen LogP contribution is -2.25. The van der Waals surface area contributed by atoms with Crippen molar-refractivity contribution >= 4 is 0 Å². The van der Waals surface area contributed by atoms with Crippen LogP contribution in [0.2, 0.25) is 0 Å². The Balaban J connectivity index is 1.68. The first-order valence-corrected chi connectivity index (χ1v) is 7.18. The van der Waals surface area contributed by atoms with Gasteiger partial charge in [0, 0.05) is 13.1 Å². The molecule has 0 spiro atoms. The lowest BCUT2D eigenvalue weighted by Gasteiger charge is -2.21. The van der Waals surface area contributed by atoms with Gasteiger partial charge in [0.25, 0.3) is 0 Å². The van der Waals surface area contributed by atoms with Crippen molar-refractivity contribution in [1.82, 2.24) is 4.90 Å². The van der Waals surface area contributed by atoms with Gasteiger partial charge in [0.1, 0.15) is 5.76 Å². The fourth-order valence-electron chi connectivity index (χ4n) is 2.45. The summed E-state index contributed by atoms with van der Waals surface area (Å²) in [6.07, 6.45) is 2.67. The van der Waals surface area contributed by atoms with Gasteiger partial charge in [-0.15, -0.1) is 0 Å². The molecule has 0 aliphatic carbocycles. The van der Waals surface area contributed by atoms with Crippen LogP contribution in [-0.4, -0.2) is 24.8 Å².